The second kappa shape index (κ2) is 6.33. The summed E-state index contributed by atoms with van der Waals surface area (Å²) >= 11 is 0. The Morgan fingerprint density at radius 1 is 1.15 bits per heavy atom. The summed E-state index contributed by atoms with van der Waals surface area (Å²) < 4.78 is 6.00. The first-order chi connectivity index (χ1) is 9.65. The van der Waals surface area contributed by atoms with Crippen molar-refractivity contribution in [2.24, 2.45) is 23.5 Å². The minimum absolute atomic E-state index is 0.402. The molecule has 6 unspecified atom stereocenters. The third kappa shape index (κ3) is 3.05. The van der Waals surface area contributed by atoms with Gasteiger partial charge in [-0.05, 0) is 43.4 Å². The van der Waals surface area contributed by atoms with Crippen LogP contribution in [0.4, 0.5) is 0 Å². The fraction of sp³-hybridized carbons (Fsp3) is 1.00. The summed E-state index contributed by atoms with van der Waals surface area (Å²) in [5, 5.41) is 0. The number of morpholine rings is 1. The van der Waals surface area contributed by atoms with Gasteiger partial charge in [-0.15, -0.1) is 0 Å². The molecule has 0 aromatic rings. The fourth-order valence-corrected chi connectivity index (χ4v) is 4.96. The monoisotopic (exact) mass is 280 g/mol. The molecule has 3 fully saturated rings. The molecule has 1 saturated heterocycles. The Hall–Kier alpha value is -0.120. The van der Waals surface area contributed by atoms with Crippen molar-refractivity contribution >= 4 is 0 Å². The first-order valence-electron chi connectivity index (χ1n) is 8.76. The van der Waals surface area contributed by atoms with Crippen LogP contribution in [0.15, 0.2) is 0 Å². The van der Waals surface area contributed by atoms with E-state index in [2.05, 4.69) is 18.7 Å². The van der Waals surface area contributed by atoms with Crippen molar-refractivity contribution in [1.82, 2.24) is 4.90 Å². The van der Waals surface area contributed by atoms with E-state index >= 15 is 0 Å². The largest absolute Gasteiger partial charge is 0.375 e. The van der Waals surface area contributed by atoms with Gasteiger partial charge < -0.3 is 10.5 Å². The third-order valence-electron chi connectivity index (χ3n) is 6.02. The molecular weight excluding hydrogens is 248 g/mol. The zero-order valence-corrected chi connectivity index (χ0v) is 13.3. The molecule has 1 heterocycles. The van der Waals surface area contributed by atoms with Crippen LogP contribution in [0, 0.1) is 17.8 Å². The van der Waals surface area contributed by atoms with Crippen molar-refractivity contribution < 1.29 is 4.74 Å². The molecule has 3 heteroatoms. The van der Waals surface area contributed by atoms with E-state index in [0.29, 0.717) is 24.1 Å². The van der Waals surface area contributed by atoms with Gasteiger partial charge in [0.2, 0.25) is 0 Å². The summed E-state index contributed by atoms with van der Waals surface area (Å²) in [6.45, 7) is 8.03. The Labute approximate surface area is 124 Å². The smallest absolute Gasteiger partial charge is 0.0730 e. The van der Waals surface area contributed by atoms with Gasteiger partial charge in [0.15, 0.2) is 0 Å². The number of fused-ring (bicyclic) bond motifs is 1. The zero-order valence-electron chi connectivity index (χ0n) is 13.3. The molecule has 0 aromatic carbocycles. The van der Waals surface area contributed by atoms with Crippen LogP contribution in [-0.2, 0) is 4.74 Å². The number of hydrogen-bond donors (Lipinski definition) is 1. The van der Waals surface area contributed by atoms with Gasteiger partial charge in [0, 0.05) is 25.2 Å². The Kier molecular flexibility index (Phi) is 4.68. The van der Waals surface area contributed by atoms with Crippen LogP contribution in [0.5, 0.6) is 0 Å². The lowest BCUT2D eigenvalue weighted by molar-refractivity contribution is -0.0965. The summed E-state index contributed by atoms with van der Waals surface area (Å²) in [6.07, 6.45) is 8.41. The predicted octanol–water partition coefficient (Wildman–Crippen LogP) is 2.64. The van der Waals surface area contributed by atoms with Crippen molar-refractivity contribution in [2.75, 3.05) is 19.7 Å². The Morgan fingerprint density at radius 2 is 1.95 bits per heavy atom. The maximum absolute atomic E-state index is 6.49. The predicted molar refractivity (Wildman–Crippen MR) is 82.6 cm³/mol. The molecule has 2 saturated carbocycles. The van der Waals surface area contributed by atoms with Gasteiger partial charge in [-0.3, -0.25) is 4.90 Å². The molecule has 3 aliphatic rings. The van der Waals surface area contributed by atoms with Crippen LogP contribution in [0.3, 0.4) is 0 Å². The molecule has 0 aromatic heterocycles. The van der Waals surface area contributed by atoms with Crippen LogP contribution in [-0.4, -0.2) is 42.8 Å². The summed E-state index contributed by atoms with van der Waals surface area (Å²) in [7, 11) is 0. The summed E-state index contributed by atoms with van der Waals surface area (Å²) in [6, 6.07) is 1.08. The molecule has 0 amide bonds. The molecule has 116 valence electrons. The summed E-state index contributed by atoms with van der Waals surface area (Å²) in [5.41, 5.74) is 6.49. The van der Waals surface area contributed by atoms with E-state index in [4.69, 9.17) is 10.5 Å². The summed E-state index contributed by atoms with van der Waals surface area (Å²) in [4.78, 5) is 2.73. The van der Waals surface area contributed by atoms with Gasteiger partial charge in [-0.25, -0.2) is 0 Å². The lowest BCUT2D eigenvalue weighted by Gasteiger charge is -2.47. The van der Waals surface area contributed by atoms with Gasteiger partial charge in [0.1, 0.15) is 0 Å². The second-order valence-corrected chi connectivity index (χ2v) is 7.64. The molecule has 2 aliphatic carbocycles. The van der Waals surface area contributed by atoms with Crippen LogP contribution < -0.4 is 5.73 Å². The number of hydrogen-bond acceptors (Lipinski definition) is 3. The molecule has 20 heavy (non-hydrogen) atoms. The molecular formula is C17H32N2O. The Balaban J connectivity index is 1.63. The van der Waals surface area contributed by atoms with E-state index in [1.54, 1.807) is 0 Å². The third-order valence-corrected chi connectivity index (χ3v) is 6.02. The van der Waals surface area contributed by atoms with Crippen molar-refractivity contribution in [3.63, 3.8) is 0 Å². The van der Waals surface area contributed by atoms with Gasteiger partial charge in [0.25, 0.3) is 0 Å². The first-order valence-corrected chi connectivity index (χ1v) is 8.76. The van der Waals surface area contributed by atoms with Crippen molar-refractivity contribution in [2.45, 2.75) is 70.6 Å². The molecule has 1 aliphatic heterocycles. The van der Waals surface area contributed by atoms with Crippen LogP contribution in [0.25, 0.3) is 0 Å². The van der Waals surface area contributed by atoms with E-state index in [0.717, 1.165) is 25.0 Å². The van der Waals surface area contributed by atoms with Gasteiger partial charge >= 0.3 is 0 Å². The van der Waals surface area contributed by atoms with Gasteiger partial charge in [0.05, 0.1) is 12.7 Å². The maximum Gasteiger partial charge on any atom is 0.0730 e. The molecule has 0 radical (unpaired) electrons. The summed E-state index contributed by atoms with van der Waals surface area (Å²) in [5.74, 6) is 2.27. The van der Waals surface area contributed by atoms with Crippen LogP contribution in [0.1, 0.15) is 52.4 Å². The van der Waals surface area contributed by atoms with E-state index in [1.807, 2.05) is 0 Å². The highest BCUT2D eigenvalue weighted by Crippen LogP contribution is 2.35. The second-order valence-electron chi connectivity index (χ2n) is 7.64. The minimum atomic E-state index is 0.402. The Bertz CT molecular complexity index is 308. The SMILES string of the molecule is CC1CC(C)C(CN2CCOC3CCCCC32)C(N)C1. The number of nitrogens with two attached hydrogens (primary N) is 1. The molecule has 3 nitrogen and oxygen atoms in total. The average Bonchev–Trinajstić information content (AvgIpc) is 2.43. The molecule has 6 atom stereocenters. The minimum Gasteiger partial charge on any atom is -0.375 e. The molecule has 0 spiro atoms. The quantitative estimate of drug-likeness (QED) is 0.845. The lowest BCUT2D eigenvalue weighted by Crippen LogP contribution is -2.56. The maximum atomic E-state index is 6.49. The van der Waals surface area contributed by atoms with Crippen molar-refractivity contribution in [1.29, 1.82) is 0 Å². The van der Waals surface area contributed by atoms with E-state index in [9.17, 15) is 0 Å². The molecule has 2 N–H and O–H groups in total. The van der Waals surface area contributed by atoms with E-state index in [-0.39, 0.29) is 0 Å². The topological polar surface area (TPSA) is 38.5 Å². The number of ether oxygens (including phenoxy) is 1. The van der Waals surface area contributed by atoms with Gasteiger partial charge in [-0.1, -0.05) is 26.7 Å². The lowest BCUT2D eigenvalue weighted by atomic mass is 9.72. The van der Waals surface area contributed by atoms with Gasteiger partial charge in [-0.2, -0.15) is 0 Å². The average molecular weight is 280 g/mol. The van der Waals surface area contributed by atoms with Crippen LogP contribution >= 0.6 is 0 Å². The van der Waals surface area contributed by atoms with Crippen molar-refractivity contribution in [3.05, 3.63) is 0 Å². The highest BCUT2D eigenvalue weighted by Gasteiger charge is 2.38. The zero-order chi connectivity index (χ0) is 14.1. The van der Waals surface area contributed by atoms with Crippen LogP contribution in [0.2, 0.25) is 0 Å². The first kappa shape index (κ1) is 14.8. The van der Waals surface area contributed by atoms with E-state index < -0.39 is 0 Å². The highest BCUT2D eigenvalue weighted by molar-refractivity contribution is 4.92. The fourth-order valence-electron chi connectivity index (χ4n) is 4.96. The van der Waals surface area contributed by atoms with Crippen molar-refractivity contribution in [3.8, 4) is 0 Å². The number of nitrogens with zero attached hydrogens (tertiary/aromatic N) is 1. The molecule has 0 bridgehead atoms. The highest BCUT2D eigenvalue weighted by atomic mass is 16.5. The standard InChI is InChI=1S/C17H32N2O/c1-12-9-13(2)14(15(18)10-12)11-19-7-8-20-17-6-4-3-5-16(17)19/h12-17H,3-11,18H2,1-2H3. The molecule has 3 rings (SSSR count). The van der Waals surface area contributed by atoms with E-state index in [1.165, 1.54) is 45.1 Å². The normalized spacial score (nSPS) is 47.0. The Morgan fingerprint density at radius 3 is 2.75 bits per heavy atom. The number of rotatable bonds is 2.